The van der Waals surface area contributed by atoms with Gasteiger partial charge >= 0.3 is 0 Å². The van der Waals surface area contributed by atoms with Gasteiger partial charge in [-0.15, -0.1) is 0 Å². The van der Waals surface area contributed by atoms with Gasteiger partial charge in [0.1, 0.15) is 17.2 Å². The highest BCUT2D eigenvalue weighted by atomic mass is 19.1. The molecule has 5 nitrogen and oxygen atoms in total. The Labute approximate surface area is 184 Å². The molecular weight excluding hydrogens is 407 g/mol. The lowest BCUT2D eigenvalue weighted by atomic mass is 9.99. The molecule has 0 unspecified atom stereocenters. The Hall–Kier alpha value is -3.93. The molecule has 1 aromatic heterocycles. The van der Waals surface area contributed by atoms with Crippen molar-refractivity contribution in [2.75, 3.05) is 7.05 Å². The summed E-state index contributed by atoms with van der Waals surface area (Å²) in [7, 11) is 1.56. The van der Waals surface area contributed by atoms with Crippen LogP contribution >= 0.6 is 0 Å². The lowest BCUT2D eigenvalue weighted by Gasteiger charge is -2.07. The Morgan fingerprint density at radius 3 is 2.34 bits per heavy atom. The molecule has 0 bridgehead atoms. The third kappa shape index (κ3) is 3.75. The van der Waals surface area contributed by atoms with Gasteiger partial charge in [-0.1, -0.05) is 18.2 Å². The number of carbonyl (C=O) groups is 2. The maximum absolute atomic E-state index is 13.4. The van der Waals surface area contributed by atoms with E-state index >= 15 is 0 Å². The quantitative estimate of drug-likeness (QED) is 0.461. The Balaban J connectivity index is 1.60. The second-order valence-electron chi connectivity index (χ2n) is 7.93. The fourth-order valence-electron chi connectivity index (χ4n) is 3.77. The first-order chi connectivity index (χ1) is 15.5. The third-order valence-corrected chi connectivity index (χ3v) is 5.62. The fourth-order valence-corrected chi connectivity index (χ4v) is 3.77. The highest BCUT2D eigenvalue weighted by Gasteiger charge is 2.24. The van der Waals surface area contributed by atoms with Crippen molar-refractivity contribution in [3.63, 3.8) is 0 Å². The topological polar surface area (TPSA) is 71.3 Å². The summed E-state index contributed by atoms with van der Waals surface area (Å²) in [5, 5.41) is 6.31. The number of amides is 2. The van der Waals surface area contributed by atoms with Crippen LogP contribution in [0.5, 0.6) is 0 Å². The van der Waals surface area contributed by atoms with Gasteiger partial charge in [0.25, 0.3) is 11.8 Å². The minimum absolute atomic E-state index is 0.0802. The summed E-state index contributed by atoms with van der Waals surface area (Å²) < 4.78 is 19.4. The van der Waals surface area contributed by atoms with Crippen molar-refractivity contribution in [2.45, 2.75) is 18.9 Å². The molecule has 3 aromatic carbocycles. The summed E-state index contributed by atoms with van der Waals surface area (Å²) in [4.78, 5) is 25.2. The lowest BCUT2D eigenvalue weighted by molar-refractivity contribution is 0.0947. The highest BCUT2D eigenvalue weighted by molar-refractivity contribution is 6.11. The molecule has 1 aliphatic rings. The predicted molar refractivity (Wildman–Crippen MR) is 121 cm³/mol. The zero-order chi connectivity index (χ0) is 22.2. The van der Waals surface area contributed by atoms with Gasteiger partial charge in [0, 0.05) is 29.6 Å². The van der Waals surface area contributed by atoms with Gasteiger partial charge in [-0.25, -0.2) is 4.39 Å². The van der Waals surface area contributed by atoms with E-state index < -0.39 is 0 Å². The molecule has 2 N–H and O–H groups in total. The Morgan fingerprint density at radius 2 is 1.62 bits per heavy atom. The Kier molecular flexibility index (Phi) is 4.98. The van der Waals surface area contributed by atoms with E-state index in [1.807, 2.05) is 30.3 Å². The van der Waals surface area contributed by atoms with E-state index in [0.29, 0.717) is 33.4 Å². The number of hydrogen-bond acceptors (Lipinski definition) is 3. The van der Waals surface area contributed by atoms with Crippen molar-refractivity contribution in [1.82, 2.24) is 10.6 Å². The summed E-state index contributed by atoms with van der Waals surface area (Å²) in [5.74, 6) is -0.352. The number of furan rings is 1. The van der Waals surface area contributed by atoms with E-state index in [1.54, 1.807) is 31.3 Å². The second kappa shape index (κ2) is 7.96. The summed E-state index contributed by atoms with van der Waals surface area (Å²) in [6, 6.07) is 19.1. The van der Waals surface area contributed by atoms with Crippen LogP contribution in [0.25, 0.3) is 33.4 Å². The number of rotatable bonds is 5. The van der Waals surface area contributed by atoms with Crippen LogP contribution in [-0.4, -0.2) is 24.9 Å². The van der Waals surface area contributed by atoms with Crippen LogP contribution in [0.3, 0.4) is 0 Å². The molecule has 1 heterocycles. The van der Waals surface area contributed by atoms with Gasteiger partial charge in [0.2, 0.25) is 0 Å². The lowest BCUT2D eigenvalue weighted by Crippen LogP contribution is -2.25. The van der Waals surface area contributed by atoms with E-state index in [-0.39, 0.29) is 23.7 Å². The molecule has 1 saturated carbocycles. The minimum Gasteiger partial charge on any atom is -0.455 e. The standard InChI is InChI=1S/C26H21FN2O3/c1-28-26(31)23-21-14-17(16-3-2-4-18(13-16)25(30)29-20-10-11-20)7-12-22(21)32-24(23)15-5-8-19(27)9-6-15/h2-9,12-14,20H,10-11H2,1H3,(H,28,31)(H,29,30). The number of fused-ring (bicyclic) bond motifs is 1. The molecule has 2 amide bonds. The molecule has 1 aliphatic carbocycles. The normalized spacial score (nSPS) is 13.2. The molecule has 0 aliphatic heterocycles. The average Bonchev–Trinajstić information content (AvgIpc) is 3.55. The van der Waals surface area contributed by atoms with Crippen LogP contribution < -0.4 is 10.6 Å². The number of halogens is 1. The third-order valence-electron chi connectivity index (χ3n) is 5.62. The van der Waals surface area contributed by atoms with Gasteiger partial charge in [0.15, 0.2) is 0 Å². The van der Waals surface area contributed by atoms with Gasteiger partial charge < -0.3 is 15.1 Å². The van der Waals surface area contributed by atoms with Crippen LogP contribution in [0, 0.1) is 5.82 Å². The Bertz CT molecular complexity index is 1340. The van der Waals surface area contributed by atoms with E-state index in [2.05, 4.69) is 10.6 Å². The molecule has 32 heavy (non-hydrogen) atoms. The first-order valence-electron chi connectivity index (χ1n) is 10.5. The Morgan fingerprint density at radius 1 is 0.906 bits per heavy atom. The number of hydrogen-bond donors (Lipinski definition) is 2. The number of carbonyl (C=O) groups excluding carboxylic acids is 2. The van der Waals surface area contributed by atoms with Crippen molar-refractivity contribution in [2.24, 2.45) is 0 Å². The number of nitrogens with one attached hydrogen (secondary N) is 2. The zero-order valence-corrected chi connectivity index (χ0v) is 17.4. The SMILES string of the molecule is CNC(=O)c1c(-c2ccc(F)cc2)oc2ccc(-c3cccc(C(=O)NC4CC4)c3)cc12. The minimum atomic E-state index is -0.362. The van der Waals surface area contributed by atoms with Crippen molar-refractivity contribution < 1.29 is 18.4 Å². The largest absolute Gasteiger partial charge is 0.455 e. The molecule has 5 rings (SSSR count). The van der Waals surface area contributed by atoms with Crippen LogP contribution in [0.15, 0.2) is 71.1 Å². The first kappa shape index (κ1) is 20.0. The summed E-state index contributed by atoms with van der Waals surface area (Å²) in [5.41, 5.74) is 3.87. The molecule has 0 saturated heterocycles. The predicted octanol–water partition coefficient (Wildman–Crippen LogP) is 5.16. The molecule has 0 atom stereocenters. The van der Waals surface area contributed by atoms with Gasteiger partial charge in [-0.05, 0) is 72.5 Å². The maximum atomic E-state index is 13.4. The second-order valence-corrected chi connectivity index (χ2v) is 7.93. The van der Waals surface area contributed by atoms with E-state index in [4.69, 9.17) is 4.42 Å². The smallest absolute Gasteiger partial charge is 0.255 e. The monoisotopic (exact) mass is 428 g/mol. The maximum Gasteiger partial charge on any atom is 0.255 e. The highest BCUT2D eigenvalue weighted by Crippen LogP contribution is 2.36. The van der Waals surface area contributed by atoms with Crippen molar-refractivity contribution in [3.8, 4) is 22.5 Å². The van der Waals surface area contributed by atoms with Crippen LogP contribution in [0.2, 0.25) is 0 Å². The molecule has 0 spiro atoms. The summed E-state index contributed by atoms with van der Waals surface area (Å²) in [6.07, 6.45) is 2.06. The average molecular weight is 428 g/mol. The fraction of sp³-hybridized carbons (Fsp3) is 0.154. The van der Waals surface area contributed by atoms with E-state index in [0.717, 1.165) is 24.0 Å². The van der Waals surface area contributed by atoms with Crippen LogP contribution in [0.1, 0.15) is 33.6 Å². The number of benzene rings is 3. The molecule has 160 valence electrons. The van der Waals surface area contributed by atoms with Gasteiger partial charge in [-0.3, -0.25) is 9.59 Å². The van der Waals surface area contributed by atoms with E-state index in [1.165, 1.54) is 12.1 Å². The van der Waals surface area contributed by atoms with Crippen molar-refractivity contribution >= 4 is 22.8 Å². The summed E-state index contributed by atoms with van der Waals surface area (Å²) in [6.45, 7) is 0. The molecular formula is C26H21FN2O3. The zero-order valence-electron chi connectivity index (χ0n) is 17.4. The van der Waals surface area contributed by atoms with Crippen LogP contribution in [0.4, 0.5) is 4.39 Å². The summed E-state index contributed by atoms with van der Waals surface area (Å²) >= 11 is 0. The molecule has 1 fully saturated rings. The van der Waals surface area contributed by atoms with Crippen LogP contribution in [-0.2, 0) is 0 Å². The first-order valence-corrected chi connectivity index (χ1v) is 10.5. The van der Waals surface area contributed by atoms with E-state index in [9.17, 15) is 14.0 Å². The molecule has 0 radical (unpaired) electrons. The van der Waals surface area contributed by atoms with Crippen molar-refractivity contribution in [1.29, 1.82) is 0 Å². The van der Waals surface area contributed by atoms with Crippen molar-refractivity contribution in [3.05, 3.63) is 83.7 Å². The van der Waals surface area contributed by atoms with Gasteiger partial charge in [-0.2, -0.15) is 0 Å². The van der Waals surface area contributed by atoms with Gasteiger partial charge in [0.05, 0.1) is 5.56 Å². The molecule has 4 aromatic rings. The molecule has 6 heteroatoms.